The molecule has 8 heterocycles. The van der Waals surface area contributed by atoms with E-state index in [1.165, 1.54) is 109 Å². The molecule has 0 N–H and O–H groups in total. The maximum Gasteiger partial charge on any atom is 0.162 e. The molecule has 0 unspecified atom stereocenters. The van der Waals surface area contributed by atoms with E-state index >= 15 is 0 Å². The van der Waals surface area contributed by atoms with Gasteiger partial charge in [0.05, 0.1) is 66.2 Å². The third-order valence-electron chi connectivity index (χ3n) is 22.8. The van der Waals surface area contributed by atoms with Gasteiger partial charge in [0, 0.05) is 86.5 Å². The summed E-state index contributed by atoms with van der Waals surface area (Å²) in [6, 6.07) is 124. The highest BCUT2D eigenvalue weighted by molar-refractivity contribution is 6.36. The molecule has 0 saturated carbocycles. The Hall–Kier alpha value is -14.3. The highest BCUT2D eigenvalue weighted by Crippen LogP contribution is 2.51. The van der Waals surface area contributed by atoms with Gasteiger partial charge in [-0.25, -0.2) is 19.9 Å². The first-order chi connectivity index (χ1) is 52.6. The summed E-state index contributed by atoms with van der Waals surface area (Å²) in [7, 11) is 0. The average molecular weight is 1350 g/mol. The minimum absolute atomic E-state index is 0.678. The first-order valence-corrected chi connectivity index (χ1v) is 36.3. The summed E-state index contributed by atoms with van der Waals surface area (Å²) < 4.78 is 9.85. The van der Waals surface area contributed by atoms with Crippen molar-refractivity contribution in [2.24, 2.45) is 0 Å². The zero-order valence-electron chi connectivity index (χ0n) is 56.9. The van der Waals surface area contributed by atoms with Crippen molar-refractivity contribution in [3.63, 3.8) is 0 Å². The normalized spacial score (nSPS) is 12.3. The van der Waals surface area contributed by atoms with E-state index in [4.69, 9.17) is 19.9 Å². The van der Waals surface area contributed by atoms with Gasteiger partial charge in [-0.15, -0.1) is 0 Å². The van der Waals surface area contributed by atoms with E-state index in [1.54, 1.807) is 0 Å². The summed E-state index contributed by atoms with van der Waals surface area (Å²) in [6.07, 6.45) is 0. The first-order valence-electron chi connectivity index (χ1n) is 36.3. The summed E-state index contributed by atoms with van der Waals surface area (Å²) in [4.78, 5) is 22.1. The molecular formula is C98H56N8. The smallest absolute Gasteiger partial charge is 0.162 e. The van der Waals surface area contributed by atoms with Gasteiger partial charge in [0.25, 0.3) is 0 Å². The summed E-state index contributed by atoms with van der Waals surface area (Å²) in [5.41, 5.74) is 24.6. The Kier molecular flexibility index (Phi) is 11.7. The van der Waals surface area contributed by atoms with Crippen molar-refractivity contribution in [2.45, 2.75) is 0 Å². The van der Waals surface area contributed by atoms with Crippen LogP contribution in [0, 0.1) is 0 Å². The van der Waals surface area contributed by atoms with Gasteiger partial charge >= 0.3 is 0 Å². The van der Waals surface area contributed by atoms with Crippen molar-refractivity contribution >= 4 is 152 Å². The fourth-order valence-electron chi connectivity index (χ4n) is 18.1. The topological polar surface area (TPSA) is 70.2 Å². The average Bonchev–Trinajstić information content (AvgIpc) is 1.52. The Balaban J connectivity index is 0.620. The molecule has 16 aromatic carbocycles. The number of benzene rings is 16. The van der Waals surface area contributed by atoms with E-state index in [2.05, 4.69) is 358 Å². The van der Waals surface area contributed by atoms with Gasteiger partial charge in [-0.1, -0.05) is 243 Å². The zero-order valence-corrected chi connectivity index (χ0v) is 56.9. The lowest BCUT2D eigenvalue weighted by atomic mass is 9.96. The molecule has 0 saturated heterocycles. The Morgan fingerprint density at radius 3 is 1.11 bits per heavy atom. The Morgan fingerprint density at radius 1 is 0.189 bits per heavy atom. The van der Waals surface area contributed by atoms with Crippen LogP contribution in [-0.2, 0) is 0 Å². The molecule has 0 spiro atoms. The quantitative estimate of drug-likeness (QED) is 0.152. The standard InChI is InChI=1S/C98H56N8/c1-3-21-57(22-4-1)61-25-19-27-66(52-61)95-99-81-35-13-7-30-71(81)97(101-95)105-83-37-15-9-28-68(83)77-55-80-76-54-64(47-50-88(76)104-85-39-17-11-32-73(85)89(92(80)104)93(77)105)60-43-41-59(42-44-60)62-45-48-67-65(51-62)26-20-34-70(67)96-100-82-36-14-8-31-72(82)98(102-96)106-84-38-16-10-29-69(84)78-56-79-75-53-63(58-23-5-2-6-24-58)46-49-87(75)103-86-40-18-12-33-74(86)90(91(79)103)94(78)106/h1-56H. The van der Waals surface area contributed by atoms with Crippen LogP contribution in [0.25, 0.3) is 231 Å². The molecule has 0 atom stereocenters. The number of aromatic nitrogens is 8. The largest absolute Gasteiger partial charge is 0.308 e. The van der Waals surface area contributed by atoms with E-state index in [9.17, 15) is 0 Å². The number of hydrogen-bond donors (Lipinski definition) is 0. The second kappa shape index (κ2) is 21.6. The van der Waals surface area contributed by atoms with Crippen molar-refractivity contribution in [3.05, 3.63) is 340 Å². The lowest BCUT2D eigenvalue weighted by molar-refractivity contribution is 1.08. The second-order valence-electron chi connectivity index (χ2n) is 28.4. The Bertz CT molecular complexity index is 7870. The van der Waals surface area contributed by atoms with Gasteiger partial charge in [-0.05, 0) is 152 Å². The predicted molar refractivity (Wildman–Crippen MR) is 441 cm³/mol. The second-order valence-corrected chi connectivity index (χ2v) is 28.4. The molecule has 0 aliphatic rings. The van der Waals surface area contributed by atoms with Gasteiger partial charge in [0.1, 0.15) is 11.6 Å². The molecule has 24 rings (SSSR count). The van der Waals surface area contributed by atoms with Gasteiger partial charge in [-0.3, -0.25) is 9.13 Å². The van der Waals surface area contributed by atoms with E-state index in [0.717, 1.165) is 111 Å². The highest BCUT2D eigenvalue weighted by Gasteiger charge is 2.29. The molecule has 0 bridgehead atoms. The molecular weight excluding hydrogens is 1290 g/mol. The van der Waals surface area contributed by atoms with E-state index in [0.29, 0.717) is 11.6 Å². The molecule has 488 valence electrons. The lowest BCUT2D eigenvalue weighted by Gasteiger charge is -2.14. The van der Waals surface area contributed by atoms with E-state index in [-0.39, 0.29) is 0 Å². The first kappa shape index (κ1) is 57.3. The van der Waals surface area contributed by atoms with Gasteiger partial charge in [-0.2, -0.15) is 0 Å². The van der Waals surface area contributed by atoms with Crippen LogP contribution >= 0.6 is 0 Å². The molecule has 0 amide bonds. The van der Waals surface area contributed by atoms with Crippen molar-refractivity contribution < 1.29 is 0 Å². The van der Waals surface area contributed by atoms with Crippen LogP contribution in [0.15, 0.2) is 340 Å². The van der Waals surface area contributed by atoms with Crippen LogP contribution in [-0.4, -0.2) is 37.9 Å². The fraction of sp³-hybridized carbons (Fsp3) is 0. The molecule has 24 aromatic rings. The molecule has 8 heteroatoms. The predicted octanol–water partition coefficient (Wildman–Crippen LogP) is 25.2. The van der Waals surface area contributed by atoms with Crippen LogP contribution in [0.2, 0.25) is 0 Å². The molecule has 0 radical (unpaired) electrons. The summed E-state index contributed by atoms with van der Waals surface area (Å²) in [5, 5.41) is 18.7. The number of para-hydroxylation sites is 6. The van der Waals surface area contributed by atoms with Crippen LogP contribution in [0.3, 0.4) is 0 Å². The molecule has 0 aliphatic heterocycles. The highest BCUT2D eigenvalue weighted by atomic mass is 15.1. The number of nitrogens with zero attached hydrogens (tertiary/aromatic N) is 8. The summed E-state index contributed by atoms with van der Waals surface area (Å²) in [5.74, 6) is 3.06. The summed E-state index contributed by atoms with van der Waals surface area (Å²) in [6.45, 7) is 0. The minimum atomic E-state index is 0.678. The van der Waals surface area contributed by atoms with Crippen molar-refractivity contribution in [2.75, 3.05) is 0 Å². The van der Waals surface area contributed by atoms with E-state index < -0.39 is 0 Å². The maximum absolute atomic E-state index is 5.76. The number of hydrogen-bond acceptors (Lipinski definition) is 4. The Labute approximate surface area is 605 Å². The maximum atomic E-state index is 5.76. The van der Waals surface area contributed by atoms with Crippen molar-refractivity contribution in [1.82, 2.24) is 37.9 Å². The van der Waals surface area contributed by atoms with Gasteiger partial charge < -0.3 is 8.80 Å². The third-order valence-corrected chi connectivity index (χ3v) is 22.8. The summed E-state index contributed by atoms with van der Waals surface area (Å²) >= 11 is 0. The number of rotatable bonds is 8. The molecule has 106 heavy (non-hydrogen) atoms. The monoisotopic (exact) mass is 1340 g/mol. The molecule has 0 fully saturated rings. The third kappa shape index (κ3) is 8.01. The van der Waals surface area contributed by atoms with Gasteiger partial charge in [0.2, 0.25) is 0 Å². The van der Waals surface area contributed by atoms with Crippen LogP contribution in [0.5, 0.6) is 0 Å². The van der Waals surface area contributed by atoms with Crippen molar-refractivity contribution in [1.29, 1.82) is 0 Å². The van der Waals surface area contributed by atoms with E-state index in [1.807, 2.05) is 0 Å². The molecule has 8 aromatic heterocycles. The number of fused-ring (bicyclic) bond motifs is 23. The van der Waals surface area contributed by atoms with Gasteiger partial charge in [0.15, 0.2) is 11.6 Å². The SMILES string of the molecule is c1ccc(-c2cccc(-c3nc(-n4c5ccccc5c5cc6c7cc(-c8ccc(-c9ccc%10c(-c%11nc(-n%12c%13ccccc%13c%13cc%14c%15cc(-c%16ccccc%16)ccc%15n%15c%16ccccc%16c(c%13%12)c%14%15)c%12ccccc%12n%11)cccc%10c9)cc8)ccc7n7c8ccccc8c(c54)c67)c4ccccc4n3)c2)cc1. The molecule has 8 nitrogen and oxygen atoms in total. The molecule has 0 aliphatic carbocycles. The fourth-order valence-corrected chi connectivity index (χ4v) is 18.1. The van der Waals surface area contributed by atoms with Crippen LogP contribution in [0.1, 0.15) is 0 Å². The van der Waals surface area contributed by atoms with Crippen LogP contribution in [0.4, 0.5) is 0 Å². The zero-order chi connectivity index (χ0) is 69.0. The van der Waals surface area contributed by atoms with Crippen LogP contribution < -0.4 is 0 Å². The lowest BCUT2D eigenvalue weighted by Crippen LogP contribution is -2.03. The minimum Gasteiger partial charge on any atom is -0.308 e. The van der Waals surface area contributed by atoms with Crippen molar-refractivity contribution in [3.8, 4) is 78.9 Å². The Morgan fingerprint density at radius 2 is 0.566 bits per heavy atom.